The number of thiazole rings is 1. The van der Waals surface area contributed by atoms with E-state index in [9.17, 15) is 18.0 Å². The summed E-state index contributed by atoms with van der Waals surface area (Å²) >= 11 is 2.33. The average molecular weight is 309 g/mol. The van der Waals surface area contributed by atoms with Gasteiger partial charge < -0.3 is 0 Å². The molecule has 2 heterocycles. The Hall–Kier alpha value is -1.55. The molecule has 10 heteroatoms. The van der Waals surface area contributed by atoms with E-state index >= 15 is 0 Å². The summed E-state index contributed by atoms with van der Waals surface area (Å²) in [5, 5.41) is 3.48. The summed E-state index contributed by atoms with van der Waals surface area (Å²) in [6.07, 6.45) is -1.19. The van der Waals surface area contributed by atoms with Crippen LogP contribution in [0.1, 0.15) is 6.42 Å². The van der Waals surface area contributed by atoms with Crippen molar-refractivity contribution in [3.8, 4) is 10.7 Å². The Morgan fingerprint density at radius 2 is 2.26 bits per heavy atom. The van der Waals surface area contributed by atoms with Crippen molar-refractivity contribution in [2.24, 2.45) is 0 Å². The first kappa shape index (κ1) is 13.9. The van der Waals surface area contributed by atoms with Crippen LogP contribution in [0.25, 0.3) is 10.7 Å². The summed E-state index contributed by atoms with van der Waals surface area (Å²) in [5.41, 5.74) is 0. The number of thioether (sulfide) groups is 1. The molecule has 102 valence electrons. The third-order valence-corrected chi connectivity index (χ3v) is 4.07. The van der Waals surface area contributed by atoms with Gasteiger partial charge in [0.1, 0.15) is 0 Å². The molecule has 5 nitrogen and oxygen atoms in total. The van der Waals surface area contributed by atoms with Crippen molar-refractivity contribution >= 4 is 23.1 Å². The van der Waals surface area contributed by atoms with Crippen molar-refractivity contribution in [2.45, 2.75) is 10.8 Å². The Morgan fingerprint density at radius 1 is 1.47 bits per heavy atom. The number of aromatic nitrogens is 3. The van der Waals surface area contributed by atoms with Gasteiger partial charge in [0, 0.05) is 12.2 Å². The highest BCUT2D eigenvalue weighted by molar-refractivity contribution is 8.01. The number of H-pyrrole nitrogens is 1. The van der Waals surface area contributed by atoms with Gasteiger partial charge in [0.25, 0.3) is 0 Å². The standard InChI is InChI=1S/C9H6F3N3O2S2/c10-4(6(11)12)1-2-18-9-13-3-5(19-9)7-14-8(16)17-15-7/h3H,1-2H2,(H,14,15,16). The number of rotatable bonds is 5. The van der Waals surface area contributed by atoms with Gasteiger partial charge in [-0.05, 0) is 0 Å². The maximum Gasteiger partial charge on any atom is 0.439 e. The minimum atomic E-state index is -2.29. The molecular formula is C9H6F3N3O2S2. The molecule has 0 bridgehead atoms. The molecule has 2 aromatic heterocycles. The predicted molar refractivity (Wildman–Crippen MR) is 63.9 cm³/mol. The molecule has 0 saturated carbocycles. The van der Waals surface area contributed by atoms with Gasteiger partial charge in [-0.15, -0.1) is 11.3 Å². The fourth-order valence-corrected chi connectivity index (χ4v) is 3.01. The molecule has 0 amide bonds. The zero-order valence-electron chi connectivity index (χ0n) is 9.15. The molecule has 0 unspecified atom stereocenters. The molecule has 0 saturated heterocycles. The van der Waals surface area contributed by atoms with E-state index < -0.39 is 17.7 Å². The van der Waals surface area contributed by atoms with Crippen LogP contribution in [0.3, 0.4) is 0 Å². The number of nitrogens with zero attached hydrogens (tertiary/aromatic N) is 2. The number of hydrogen-bond acceptors (Lipinski definition) is 6. The summed E-state index contributed by atoms with van der Waals surface area (Å²) in [5.74, 6) is -1.70. The van der Waals surface area contributed by atoms with Crippen molar-refractivity contribution < 1.29 is 17.7 Å². The SMILES string of the molecule is O=c1[nH]c(-c2cnc(SCCC(F)=C(F)F)s2)no1. The number of hydrogen-bond donors (Lipinski definition) is 1. The monoisotopic (exact) mass is 309 g/mol. The Labute approximate surface area is 112 Å². The Morgan fingerprint density at radius 3 is 2.89 bits per heavy atom. The highest BCUT2D eigenvalue weighted by atomic mass is 32.2. The zero-order chi connectivity index (χ0) is 13.8. The van der Waals surface area contributed by atoms with Crippen molar-refractivity contribution in [3.63, 3.8) is 0 Å². The molecule has 19 heavy (non-hydrogen) atoms. The second kappa shape index (κ2) is 6.06. The zero-order valence-corrected chi connectivity index (χ0v) is 10.8. The van der Waals surface area contributed by atoms with Crippen LogP contribution in [0.4, 0.5) is 13.2 Å². The molecular weight excluding hydrogens is 303 g/mol. The van der Waals surface area contributed by atoms with Gasteiger partial charge in [-0.2, -0.15) is 8.78 Å². The fourth-order valence-electron chi connectivity index (χ4n) is 1.09. The van der Waals surface area contributed by atoms with Crippen LogP contribution in [0.2, 0.25) is 0 Å². The number of halogens is 3. The minimum Gasteiger partial charge on any atom is -0.296 e. The van der Waals surface area contributed by atoms with E-state index in [1.165, 1.54) is 17.5 Å². The highest BCUT2D eigenvalue weighted by Crippen LogP contribution is 2.30. The third-order valence-electron chi connectivity index (χ3n) is 1.91. The van der Waals surface area contributed by atoms with E-state index in [1.807, 2.05) is 0 Å². The van der Waals surface area contributed by atoms with Gasteiger partial charge in [0.05, 0.1) is 11.1 Å². The average Bonchev–Trinajstić information content (AvgIpc) is 2.97. The summed E-state index contributed by atoms with van der Waals surface area (Å²) in [4.78, 5) is 17.7. The van der Waals surface area contributed by atoms with E-state index in [0.717, 1.165) is 11.8 Å². The maximum absolute atomic E-state index is 12.5. The smallest absolute Gasteiger partial charge is 0.296 e. The van der Waals surface area contributed by atoms with Crippen molar-refractivity contribution in [1.29, 1.82) is 0 Å². The Bertz CT molecular complexity index is 645. The normalized spacial score (nSPS) is 10.7. The summed E-state index contributed by atoms with van der Waals surface area (Å²) in [7, 11) is 0. The van der Waals surface area contributed by atoms with E-state index in [2.05, 4.69) is 19.6 Å². The van der Waals surface area contributed by atoms with E-state index in [1.54, 1.807) is 0 Å². The van der Waals surface area contributed by atoms with Crippen molar-refractivity contribution in [2.75, 3.05) is 5.75 Å². The predicted octanol–water partition coefficient (Wildman–Crippen LogP) is 3.05. The molecule has 0 atom stereocenters. The van der Waals surface area contributed by atoms with Crippen molar-refractivity contribution in [3.05, 3.63) is 28.7 Å². The number of allylic oxidation sites excluding steroid dienone is 1. The minimum absolute atomic E-state index is 0.144. The summed E-state index contributed by atoms with van der Waals surface area (Å²) in [6, 6.07) is 0. The third kappa shape index (κ3) is 3.70. The molecule has 0 radical (unpaired) electrons. The maximum atomic E-state index is 12.5. The van der Waals surface area contributed by atoms with Crippen molar-refractivity contribution in [1.82, 2.24) is 15.1 Å². The van der Waals surface area contributed by atoms with Gasteiger partial charge in [0.15, 0.2) is 16.0 Å². The van der Waals surface area contributed by atoms with E-state index in [0.29, 0.717) is 9.22 Å². The summed E-state index contributed by atoms with van der Waals surface area (Å²) in [6.45, 7) is 0. The topological polar surface area (TPSA) is 71.8 Å². The number of aromatic amines is 1. The van der Waals surface area contributed by atoms with Crippen LogP contribution in [0, 0.1) is 0 Å². The lowest BCUT2D eigenvalue weighted by molar-refractivity contribution is 0.373. The van der Waals surface area contributed by atoms with Gasteiger partial charge in [-0.3, -0.25) is 9.51 Å². The van der Waals surface area contributed by atoms with Crippen LogP contribution in [-0.2, 0) is 0 Å². The number of nitrogens with one attached hydrogen (secondary N) is 1. The van der Waals surface area contributed by atoms with Gasteiger partial charge in [-0.25, -0.2) is 14.2 Å². The molecule has 0 aliphatic heterocycles. The second-order valence-electron chi connectivity index (χ2n) is 3.20. The molecule has 1 N–H and O–H groups in total. The Balaban J connectivity index is 1.95. The molecule has 0 aromatic carbocycles. The van der Waals surface area contributed by atoms with Crippen LogP contribution >= 0.6 is 23.1 Å². The molecule has 0 aliphatic carbocycles. The van der Waals surface area contributed by atoms with Gasteiger partial charge >= 0.3 is 11.8 Å². The lowest BCUT2D eigenvalue weighted by Crippen LogP contribution is -1.94. The largest absolute Gasteiger partial charge is 0.439 e. The van der Waals surface area contributed by atoms with Crippen LogP contribution in [0.15, 0.2) is 31.8 Å². The first-order valence-electron chi connectivity index (χ1n) is 4.91. The molecule has 0 spiro atoms. The first-order chi connectivity index (χ1) is 9.06. The Kier molecular flexibility index (Phi) is 4.43. The highest BCUT2D eigenvalue weighted by Gasteiger charge is 2.10. The van der Waals surface area contributed by atoms with E-state index in [4.69, 9.17) is 0 Å². The lowest BCUT2D eigenvalue weighted by atomic mass is 10.4. The molecule has 0 fully saturated rings. The fraction of sp³-hybridized carbons (Fsp3) is 0.222. The molecule has 2 aromatic rings. The van der Waals surface area contributed by atoms with Gasteiger partial charge in [-0.1, -0.05) is 16.9 Å². The summed E-state index contributed by atoms with van der Waals surface area (Å²) < 4.78 is 41.1. The van der Waals surface area contributed by atoms with Crippen LogP contribution in [-0.4, -0.2) is 20.9 Å². The first-order valence-corrected chi connectivity index (χ1v) is 6.71. The second-order valence-corrected chi connectivity index (χ2v) is 5.57. The lowest BCUT2D eigenvalue weighted by Gasteiger charge is -1.94. The molecule has 2 rings (SSSR count). The quantitative estimate of drug-likeness (QED) is 0.859. The van der Waals surface area contributed by atoms with E-state index in [-0.39, 0.29) is 18.0 Å². The van der Waals surface area contributed by atoms with Crippen LogP contribution < -0.4 is 5.76 Å². The van der Waals surface area contributed by atoms with Crippen LogP contribution in [0.5, 0.6) is 0 Å². The van der Waals surface area contributed by atoms with Gasteiger partial charge in [0.2, 0.25) is 0 Å². The molecule has 0 aliphatic rings.